The van der Waals surface area contributed by atoms with Gasteiger partial charge in [-0.3, -0.25) is 4.79 Å². The monoisotopic (exact) mass is 353 g/mol. The van der Waals surface area contributed by atoms with Crippen molar-refractivity contribution in [2.45, 2.75) is 46.1 Å². The van der Waals surface area contributed by atoms with Gasteiger partial charge in [0.2, 0.25) is 0 Å². The number of nitrogens with zero attached hydrogens (tertiary/aromatic N) is 1. The summed E-state index contributed by atoms with van der Waals surface area (Å²) in [6.07, 6.45) is 1.83. The van der Waals surface area contributed by atoms with Crippen LogP contribution < -0.4 is 0 Å². The molecule has 1 aromatic carbocycles. The van der Waals surface area contributed by atoms with Gasteiger partial charge in [0.05, 0.1) is 11.5 Å². The zero-order valence-electron chi connectivity index (χ0n) is 12.6. The number of hydrogen-bond donors (Lipinski definition) is 0. The predicted molar refractivity (Wildman–Crippen MR) is 83.3 cm³/mol. The lowest BCUT2D eigenvalue weighted by molar-refractivity contribution is -0.207. The molecule has 0 radical (unpaired) electrons. The summed E-state index contributed by atoms with van der Waals surface area (Å²) in [5.74, 6) is -0.492. The number of halogens is 1. The number of carbonyl (C=O) groups excluding carboxylic acids is 2. The fourth-order valence-corrected chi connectivity index (χ4v) is 2.41. The average Bonchev–Trinajstić information content (AvgIpc) is 2.73. The Morgan fingerprint density at radius 1 is 1.33 bits per heavy atom. The molecule has 21 heavy (non-hydrogen) atoms. The maximum absolute atomic E-state index is 12.0. The third-order valence-electron chi connectivity index (χ3n) is 3.45. The van der Waals surface area contributed by atoms with Gasteiger partial charge in [-0.25, -0.2) is 4.79 Å². The number of hydroxylamine groups is 2. The third kappa shape index (κ3) is 4.06. The quantitative estimate of drug-likeness (QED) is 0.835. The van der Waals surface area contributed by atoms with Crippen molar-refractivity contribution >= 4 is 27.8 Å². The second-order valence-corrected chi connectivity index (χ2v) is 7.29. The van der Waals surface area contributed by atoms with Crippen molar-refractivity contribution in [3.05, 3.63) is 34.3 Å². The normalized spacial score (nSPS) is 19.0. The van der Waals surface area contributed by atoms with E-state index in [0.29, 0.717) is 19.3 Å². The van der Waals surface area contributed by atoms with Gasteiger partial charge in [0, 0.05) is 10.9 Å². The Kier molecular flexibility index (Phi) is 4.71. The first-order valence-electron chi connectivity index (χ1n) is 7.06. The van der Waals surface area contributed by atoms with E-state index < -0.39 is 5.41 Å². The number of rotatable bonds is 3. The number of carbonyl (C=O) groups is 2. The molecule has 0 spiro atoms. The summed E-state index contributed by atoms with van der Waals surface area (Å²) in [6.45, 7) is 5.33. The van der Waals surface area contributed by atoms with Gasteiger partial charge < -0.3 is 4.84 Å². The molecule has 0 saturated carbocycles. The minimum absolute atomic E-state index is 0.0787. The standard InChI is InChI=1S/C16H20BrNO3/c1-16(2,3)15(20)21-18-13(8-9-14(18)19)10-11-4-6-12(17)7-5-11/h4-7,13H,8-10H2,1-3H3/t13-/m0/s1. The van der Waals surface area contributed by atoms with Gasteiger partial charge in [-0.1, -0.05) is 28.1 Å². The Hall–Kier alpha value is -1.36. The fourth-order valence-electron chi connectivity index (χ4n) is 2.15. The fraction of sp³-hybridized carbons (Fsp3) is 0.500. The zero-order chi connectivity index (χ0) is 15.6. The molecule has 114 valence electrons. The van der Waals surface area contributed by atoms with E-state index >= 15 is 0 Å². The number of benzene rings is 1. The summed E-state index contributed by atoms with van der Waals surface area (Å²) in [5.41, 5.74) is 0.500. The molecular formula is C16H20BrNO3. The molecule has 1 saturated heterocycles. The molecule has 1 atom stereocenters. The summed E-state index contributed by atoms with van der Waals surface area (Å²) in [7, 11) is 0. The highest BCUT2D eigenvalue weighted by Crippen LogP contribution is 2.26. The molecule has 1 aliphatic rings. The molecule has 1 heterocycles. The van der Waals surface area contributed by atoms with Crippen LogP contribution in [-0.2, 0) is 20.8 Å². The van der Waals surface area contributed by atoms with Crippen LogP contribution in [0.1, 0.15) is 39.2 Å². The average molecular weight is 354 g/mol. The highest BCUT2D eigenvalue weighted by molar-refractivity contribution is 9.10. The van der Waals surface area contributed by atoms with E-state index in [2.05, 4.69) is 15.9 Å². The van der Waals surface area contributed by atoms with Crippen LogP contribution in [0.5, 0.6) is 0 Å². The summed E-state index contributed by atoms with van der Waals surface area (Å²) in [4.78, 5) is 29.3. The van der Waals surface area contributed by atoms with Crippen molar-refractivity contribution in [3.63, 3.8) is 0 Å². The maximum Gasteiger partial charge on any atom is 0.337 e. The lowest BCUT2D eigenvalue weighted by atomic mass is 9.98. The van der Waals surface area contributed by atoms with Crippen LogP contribution in [0, 0.1) is 5.41 Å². The highest BCUT2D eigenvalue weighted by Gasteiger charge is 2.37. The van der Waals surface area contributed by atoms with Crippen molar-refractivity contribution in [1.29, 1.82) is 0 Å². The highest BCUT2D eigenvalue weighted by atomic mass is 79.9. The Morgan fingerprint density at radius 2 is 1.95 bits per heavy atom. The number of hydrogen-bond acceptors (Lipinski definition) is 3. The maximum atomic E-state index is 12.0. The van der Waals surface area contributed by atoms with Crippen LogP contribution in [0.4, 0.5) is 0 Å². The summed E-state index contributed by atoms with van der Waals surface area (Å²) in [6, 6.07) is 7.88. The molecule has 0 bridgehead atoms. The molecule has 0 aromatic heterocycles. The first-order valence-corrected chi connectivity index (χ1v) is 7.85. The summed E-state index contributed by atoms with van der Waals surface area (Å²) >= 11 is 3.40. The van der Waals surface area contributed by atoms with E-state index in [4.69, 9.17) is 4.84 Å². The lowest BCUT2D eigenvalue weighted by Crippen LogP contribution is -2.39. The summed E-state index contributed by atoms with van der Waals surface area (Å²) < 4.78 is 1.02. The molecule has 1 aliphatic heterocycles. The van der Waals surface area contributed by atoms with E-state index in [9.17, 15) is 9.59 Å². The lowest BCUT2D eigenvalue weighted by Gasteiger charge is -2.26. The molecule has 4 nitrogen and oxygen atoms in total. The second-order valence-electron chi connectivity index (χ2n) is 6.37. The molecular weight excluding hydrogens is 334 g/mol. The van der Waals surface area contributed by atoms with E-state index in [1.807, 2.05) is 24.3 Å². The molecule has 2 rings (SSSR count). The minimum Gasteiger partial charge on any atom is -0.337 e. The first kappa shape index (κ1) is 16.0. The van der Waals surface area contributed by atoms with E-state index in [0.717, 1.165) is 10.0 Å². The van der Waals surface area contributed by atoms with Crippen molar-refractivity contribution in [2.24, 2.45) is 5.41 Å². The zero-order valence-corrected chi connectivity index (χ0v) is 14.1. The predicted octanol–water partition coefficient (Wildman–Crippen LogP) is 3.49. The smallest absolute Gasteiger partial charge is 0.337 e. The van der Waals surface area contributed by atoms with Crippen LogP contribution in [-0.4, -0.2) is 23.0 Å². The van der Waals surface area contributed by atoms with E-state index in [1.54, 1.807) is 20.8 Å². The molecule has 0 N–H and O–H groups in total. The number of amides is 1. The van der Waals surface area contributed by atoms with Crippen LogP contribution in [0.2, 0.25) is 0 Å². The van der Waals surface area contributed by atoms with Crippen molar-refractivity contribution in [1.82, 2.24) is 5.06 Å². The Labute approximate surface area is 133 Å². The van der Waals surface area contributed by atoms with Gasteiger partial charge in [0.1, 0.15) is 0 Å². The van der Waals surface area contributed by atoms with Crippen LogP contribution >= 0.6 is 15.9 Å². The van der Waals surface area contributed by atoms with E-state index in [-0.39, 0.29) is 17.9 Å². The van der Waals surface area contributed by atoms with Gasteiger partial charge in [0.15, 0.2) is 0 Å². The van der Waals surface area contributed by atoms with Gasteiger partial charge in [-0.15, -0.1) is 0 Å². The van der Waals surface area contributed by atoms with Crippen molar-refractivity contribution < 1.29 is 14.4 Å². The van der Waals surface area contributed by atoms with Gasteiger partial charge in [-0.2, -0.15) is 5.06 Å². The van der Waals surface area contributed by atoms with Gasteiger partial charge in [0.25, 0.3) is 5.91 Å². The molecule has 0 unspecified atom stereocenters. The molecule has 1 amide bonds. The first-order chi connectivity index (χ1) is 9.77. The van der Waals surface area contributed by atoms with E-state index in [1.165, 1.54) is 5.06 Å². The molecule has 1 aromatic rings. The van der Waals surface area contributed by atoms with Crippen LogP contribution in [0.25, 0.3) is 0 Å². The Bertz CT molecular complexity index is 533. The van der Waals surface area contributed by atoms with Crippen LogP contribution in [0.15, 0.2) is 28.7 Å². The SMILES string of the molecule is CC(C)(C)C(=O)ON1C(=O)CC[C@H]1Cc1ccc(Br)cc1. The molecule has 5 heteroatoms. The van der Waals surface area contributed by atoms with Crippen molar-refractivity contribution in [2.75, 3.05) is 0 Å². The summed E-state index contributed by atoms with van der Waals surface area (Å²) in [5, 5.41) is 1.27. The third-order valence-corrected chi connectivity index (χ3v) is 3.98. The van der Waals surface area contributed by atoms with Crippen molar-refractivity contribution in [3.8, 4) is 0 Å². The largest absolute Gasteiger partial charge is 0.337 e. The Balaban J connectivity index is 2.06. The minimum atomic E-state index is -0.620. The molecule has 0 aliphatic carbocycles. The second kappa shape index (κ2) is 6.18. The van der Waals surface area contributed by atoms with Crippen LogP contribution in [0.3, 0.4) is 0 Å². The topological polar surface area (TPSA) is 46.6 Å². The van der Waals surface area contributed by atoms with Gasteiger partial charge in [-0.05, 0) is 51.3 Å². The molecule has 1 fully saturated rings. The van der Waals surface area contributed by atoms with Gasteiger partial charge >= 0.3 is 5.97 Å². The Morgan fingerprint density at radius 3 is 2.52 bits per heavy atom.